The summed E-state index contributed by atoms with van der Waals surface area (Å²) in [5.41, 5.74) is -1.66. The van der Waals surface area contributed by atoms with Gasteiger partial charge in [0.25, 0.3) is 21.5 Å². The molecule has 0 saturated carbocycles. The average molecular weight is 504 g/mol. The van der Waals surface area contributed by atoms with Gasteiger partial charge in [-0.2, -0.15) is 13.2 Å². The number of hydrogen-bond donors (Lipinski definition) is 2. The number of nitro groups is 1. The van der Waals surface area contributed by atoms with Gasteiger partial charge in [-0.25, -0.2) is 8.42 Å². The lowest BCUT2D eigenvalue weighted by Gasteiger charge is -2.20. The standard InChI is InChI=1S/C20H19F3N2O8S/c1-10(2)33-19(28)17(18(27)20(21,22)23)14-8-12(5-7-15(14)26)24-34(31,32)16-9-13(25(29)30)6-4-11(16)3/h4-10,17,24,26H,1-3H3/t17-/m0/s1. The highest BCUT2D eigenvalue weighted by Crippen LogP contribution is 2.36. The Morgan fingerprint density at radius 2 is 1.76 bits per heavy atom. The predicted molar refractivity (Wildman–Crippen MR) is 112 cm³/mol. The van der Waals surface area contributed by atoms with Crippen LogP contribution in [0.3, 0.4) is 0 Å². The summed E-state index contributed by atoms with van der Waals surface area (Å²) in [6, 6.07) is 5.48. The van der Waals surface area contributed by atoms with E-state index in [9.17, 15) is 46.4 Å². The maximum absolute atomic E-state index is 13.1. The number of phenolic OH excluding ortho intramolecular Hbond substituents is 1. The number of Topliss-reactive ketones (excluding diaryl/α,β-unsaturated/α-hetero) is 1. The third-order valence-electron chi connectivity index (χ3n) is 4.39. The van der Waals surface area contributed by atoms with Crippen molar-refractivity contribution in [2.24, 2.45) is 0 Å². The number of aryl methyl sites for hydroxylation is 1. The number of ether oxygens (including phenoxy) is 1. The van der Waals surface area contributed by atoms with E-state index >= 15 is 0 Å². The van der Waals surface area contributed by atoms with Gasteiger partial charge in [-0.3, -0.25) is 24.4 Å². The highest BCUT2D eigenvalue weighted by Gasteiger charge is 2.48. The molecule has 0 spiro atoms. The van der Waals surface area contributed by atoms with E-state index in [0.717, 1.165) is 24.3 Å². The van der Waals surface area contributed by atoms with Crippen molar-refractivity contribution in [2.45, 2.75) is 43.9 Å². The lowest BCUT2D eigenvalue weighted by molar-refractivity contribution is -0.385. The number of nitro benzene ring substituents is 1. The van der Waals surface area contributed by atoms with Crippen LogP contribution in [0.2, 0.25) is 0 Å². The zero-order valence-corrected chi connectivity index (χ0v) is 18.7. The van der Waals surface area contributed by atoms with E-state index in [1.807, 2.05) is 4.72 Å². The van der Waals surface area contributed by atoms with E-state index in [1.54, 1.807) is 0 Å². The monoisotopic (exact) mass is 504 g/mol. The lowest BCUT2D eigenvalue weighted by atomic mass is 9.93. The Bertz CT molecular complexity index is 1240. The number of halogens is 3. The molecule has 184 valence electrons. The first-order valence-corrected chi connectivity index (χ1v) is 10.9. The smallest absolute Gasteiger partial charge is 0.451 e. The molecular formula is C20H19F3N2O8S. The Morgan fingerprint density at radius 1 is 1.15 bits per heavy atom. The zero-order valence-electron chi connectivity index (χ0n) is 17.9. The van der Waals surface area contributed by atoms with E-state index in [0.29, 0.717) is 6.07 Å². The molecule has 0 amide bonds. The van der Waals surface area contributed by atoms with Crippen molar-refractivity contribution < 1.29 is 45.9 Å². The maximum atomic E-state index is 13.1. The van der Waals surface area contributed by atoms with Crippen molar-refractivity contribution in [1.29, 1.82) is 0 Å². The number of anilines is 1. The number of phenols is 1. The number of ketones is 1. The fourth-order valence-corrected chi connectivity index (χ4v) is 4.21. The number of nitrogens with one attached hydrogen (secondary N) is 1. The summed E-state index contributed by atoms with van der Waals surface area (Å²) in [6.45, 7) is 4.03. The van der Waals surface area contributed by atoms with Gasteiger partial charge in [0, 0.05) is 23.4 Å². The first-order chi connectivity index (χ1) is 15.5. The number of aromatic hydroxyl groups is 1. The number of hydrogen-bond acceptors (Lipinski definition) is 8. The number of carbonyl (C=O) groups excluding carboxylic acids is 2. The molecule has 34 heavy (non-hydrogen) atoms. The molecule has 14 heteroatoms. The summed E-state index contributed by atoms with van der Waals surface area (Å²) < 4.78 is 71.8. The molecule has 0 aromatic heterocycles. The van der Waals surface area contributed by atoms with Gasteiger partial charge >= 0.3 is 12.1 Å². The van der Waals surface area contributed by atoms with Crippen LogP contribution in [0.1, 0.15) is 30.9 Å². The minimum atomic E-state index is -5.47. The minimum Gasteiger partial charge on any atom is -0.508 e. The number of carbonyl (C=O) groups is 2. The zero-order chi connectivity index (χ0) is 26.0. The molecule has 0 saturated heterocycles. The Morgan fingerprint density at radius 3 is 2.29 bits per heavy atom. The fraction of sp³-hybridized carbons (Fsp3) is 0.300. The molecule has 0 aliphatic heterocycles. The molecular weight excluding hydrogens is 485 g/mol. The third kappa shape index (κ3) is 6.01. The quantitative estimate of drug-likeness (QED) is 0.182. The van der Waals surface area contributed by atoms with Gasteiger partial charge in [-0.05, 0) is 44.5 Å². The topological polar surface area (TPSA) is 153 Å². The molecule has 2 rings (SSSR count). The van der Waals surface area contributed by atoms with Crippen molar-refractivity contribution in [3.8, 4) is 5.75 Å². The summed E-state index contributed by atoms with van der Waals surface area (Å²) >= 11 is 0. The van der Waals surface area contributed by atoms with Crippen molar-refractivity contribution in [3.63, 3.8) is 0 Å². The Labute approximate surface area is 191 Å². The molecule has 2 aromatic carbocycles. The van der Waals surface area contributed by atoms with Crippen molar-refractivity contribution >= 4 is 33.2 Å². The van der Waals surface area contributed by atoms with Gasteiger partial charge < -0.3 is 9.84 Å². The Kier molecular flexibility index (Phi) is 7.56. The molecule has 1 atom stereocenters. The van der Waals surface area contributed by atoms with Crippen LogP contribution in [0.25, 0.3) is 0 Å². The van der Waals surface area contributed by atoms with Gasteiger partial charge in [0.05, 0.1) is 15.9 Å². The van der Waals surface area contributed by atoms with Crippen LogP contribution in [-0.4, -0.2) is 42.5 Å². The van der Waals surface area contributed by atoms with E-state index < -0.39 is 72.5 Å². The van der Waals surface area contributed by atoms with E-state index in [-0.39, 0.29) is 5.56 Å². The van der Waals surface area contributed by atoms with E-state index in [2.05, 4.69) is 0 Å². The van der Waals surface area contributed by atoms with E-state index in [1.165, 1.54) is 26.8 Å². The molecule has 0 radical (unpaired) electrons. The Balaban J connectivity index is 2.56. The molecule has 0 bridgehead atoms. The summed E-state index contributed by atoms with van der Waals surface area (Å²) in [4.78, 5) is 34.0. The minimum absolute atomic E-state index is 0.128. The number of non-ortho nitro benzene ring substituents is 1. The first kappa shape index (κ1) is 26.6. The SMILES string of the molecule is Cc1ccc([N+](=O)[O-])cc1S(=O)(=O)Nc1ccc(O)c([C@H](C(=O)OC(C)C)C(=O)C(F)(F)F)c1. The second-order valence-corrected chi connectivity index (χ2v) is 9.02. The number of esters is 1. The first-order valence-electron chi connectivity index (χ1n) is 9.47. The highest BCUT2D eigenvalue weighted by atomic mass is 32.2. The summed E-state index contributed by atoms with van der Waals surface area (Å²) in [5, 5.41) is 21.1. The van der Waals surface area contributed by atoms with Crippen molar-refractivity contribution in [3.05, 3.63) is 57.6 Å². The number of rotatable bonds is 8. The fourth-order valence-electron chi connectivity index (χ4n) is 2.89. The van der Waals surface area contributed by atoms with Crippen molar-refractivity contribution in [2.75, 3.05) is 4.72 Å². The molecule has 0 fully saturated rings. The number of sulfonamides is 1. The van der Waals surface area contributed by atoms with Crippen LogP contribution >= 0.6 is 0 Å². The highest BCUT2D eigenvalue weighted by molar-refractivity contribution is 7.92. The predicted octanol–water partition coefficient (Wildman–Crippen LogP) is 3.58. The summed E-state index contributed by atoms with van der Waals surface area (Å²) in [5.74, 6) is -7.63. The molecule has 10 nitrogen and oxygen atoms in total. The van der Waals surface area contributed by atoms with Crippen LogP contribution in [0.15, 0.2) is 41.3 Å². The van der Waals surface area contributed by atoms with Gasteiger partial charge in [0.15, 0.2) is 5.92 Å². The van der Waals surface area contributed by atoms with Gasteiger partial charge in [0.1, 0.15) is 5.75 Å². The number of alkyl halides is 3. The van der Waals surface area contributed by atoms with Crippen LogP contribution in [0.4, 0.5) is 24.5 Å². The third-order valence-corrected chi connectivity index (χ3v) is 5.92. The molecule has 0 aliphatic carbocycles. The normalized spacial score (nSPS) is 12.8. The van der Waals surface area contributed by atoms with Crippen molar-refractivity contribution in [1.82, 2.24) is 0 Å². The molecule has 0 heterocycles. The average Bonchev–Trinajstić information content (AvgIpc) is 2.69. The largest absolute Gasteiger partial charge is 0.508 e. The van der Waals surface area contributed by atoms with Gasteiger partial charge in [-0.15, -0.1) is 0 Å². The molecule has 0 aliphatic rings. The number of nitrogens with zero attached hydrogens (tertiary/aromatic N) is 1. The van der Waals surface area contributed by atoms with Gasteiger partial charge in [-0.1, -0.05) is 6.07 Å². The van der Waals surface area contributed by atoms with Crippen LogP contribution in [0, 0.1) is 17.0 Å². The Hall–Kier alpha value is -3.68. The second-order valence-electron chi connectivity index (χ2n) is 7.37. The second kappa shape index (κ2) is 9.67. The lowest BCUT2D eigenvalue weighted by Crippen LogP contribution is -2.35. The van der Waals surface area contributed by atoms with E-state index in [4.69, 9.17) is 4.74 Å². The number of benzene rings is 2. The van der Waals surface area contributed by atoms with Crippen LogP contribution < -0.4 is 4.72 Å². The summed E-state index contributed by atoms with van der Waals surface area (Å²) in [7, 11) is -4.50. The van der Waals surface area contributed by atoms with Crippen LogP contribution in [-0.2, 0) is 24.3 Å². The molecule has 2 N–H and O–H groups in total. The van der Waals surface area contributed by atoms with Gasteiger partial charge in [0.2, 0.25) is 0 Å². The molecule has 0 unspecified atom stereocenters. The summed E-state index contributed by atoms with van der Waals surface area (Å²) in [6.07, 6.45) is -6.36. The molecule has 2 aromatic rings. The maximum Gasteiger partial charge on any atom is 0.451 e. The van der Waals surface area contributed by atoms with Crippen LogP contribution in [0.5, 0.6) is 5.75 Å².